The molecule has 0 aliphatic heterocycles. The van der Waals surface area contributed by atoms with Gasteiger partial charge in [0.15, 0.2) is 6.29 Å². The minimum absolute atomic E-state index is 0.413. The van der Waals surface area contributed by atoms with Gasteiger partial charge in [0.05, 0.1) is 13.4 Å². The van der Waals surface area contributed by atoms with Crippen LogP contribution in [0.2, 0.25) is 5.02 Å². The van der Waals surface area contributed by atoms with Crippen LogP contribution in [0.5, 0.6) is 5.75 Å². The summed E-state index contributed by atoms with van der Waals surface area (Å²) in [5, 5.41) is 0.658. The van der Waals surface area contributed by atoms with Gasteiger partial charge in [-0.15, -0.1) is 0 Å². The number of benzene rings is 1. The molecule has 0 saturated carbocycles. The number of nitrogens with zero attached hydrogens (tertiary/aromatic N) is 1. The normalized spacial score (nSPS) is 10.4. The minimum Gasteiger partial charge on any atom is -0.496 e. The quantitative estimate of drug-likeness (QED) is 0.867. The molecule has 1 aromatic heterocycles. The molecule has 1 heterocycles. The maximum atomic E-state index is 11.0. The summed E-state index contributed by atoms with van der Waals surface area (Å²) in [4.78, 5) is 17.9. The third kappa shape index (κ3) is 1.88. The molecule has 0 aliphatic carbocycles. The van der Waals surface area contributed by atoms with Crippen molar-refractivity contribution < 1.29 is 9.53 Å². The van der Waals surface area contributed by atoms with Gasteiger partial charge in [-0.3, -0.25) is 4.79 Å². The van der Waals surface area contributed by atoms with Gasteiger partial charge in [0.25, 0.3) is 0 Å². The van der Waals surface area contributed by atoms with Crippen molar-refractivity contribution in [3.8, 4) is 17.0 Å². The van der Waals surface area contributed by atoms with Crippen LogP contribution in [0.25, 0.3) is 11.3 Å². The van der Waals surface area contributed by atoms with E-state index in [1.165, 1.54) is 6.33 Å². The number of halogens is 1. The molecule has 1 N–H and O–H groups in total. The predicted octanol–water partition coefficient (Wildman–Crippen LogP) is 3.17. The summed E-state index contributed by atoms with van der Waals surface area (Å²) < 4.78 is 5.36. The fourth-order valence-electron chi connectivity index (χ4n) is 1.97. The Balaban J connectivity index is 2.78. The third-order valence-electron chi connectivity index (χ3n) is 2.89. The van der Waals surface area contributed by atoms with Gasteiger partial charge in [-0.05, 0) is 31.0 Å². The molecule has 0 saturated heterocycles. The highest BCUT2D eigenvalue weighted by atomic mass is 35.5. The maximum absolute atomic E-state index is 11.0. The zero-order valence-electron chi connectivity index (χ0n) is 10.4. The number of aromatic nitrogens is 2. The standard InChI is InChI=1S/C13H13ClN2O2/c1-7-4-10(18-3)11(8(2)12(7)14)13-9(5-17)15-6-16-13/h4-6H,1-3H3,(H,15,16). The zero-order chi connectivity index (χ0) is 13.3. The Morgan fingerprint density at radius 1 is 1.44 bits per heavy atom. The number of methoxy groups -OCH3 is 1. The highest BCUT2D eigenvalue weighted by Gasteiger charge is 2.18. The Labute approximate surface area is 110 Å². The van der Waals surface area contributed by atoms with Crippen LogP contribution in [0.3, 0.4) is 0 Å². The molecule has 0 atom stereocenters. The Morgan fingerprint density at radius 2 is 2.17 bits per heavy atom. The Bertz CT molecular complexity index is 605. The van der Waals surface area contributed by atoms with E-state index in [2.05, 4.69) is 9.97 Å². The van der Waals surface area contributed by atoms with Crippen molar-refractivity contribution in [1.82, 2.24) is 9.97 Å². The third-order valence-corrected chi connectivity index (χ3v) is 3.47. The van der Waals surface area contributed by atoms with Gasteiger partial charge in [0.2, 0.25) is 0 Å². The van der Waals surface area contributed by atoms with Crippen LogP contribution in [0.15, 0.2) is 12.4 Å². The van der Waals surface area contributed by atoms with Crippen molar-refractivity contribution in [3.05, 3.63) is 34.2 Å². The van der Waals surface area contributed by atoms with Crippen molar-refractivity contribution in [2.24, 2.45) is 0 Å². The number of ether oxygens (including phenoxy) is 1. The molecule has 5 heteroatoms. The first kappa shape index (κ1) is 12.6. The molecule has 0 spiro atoms. The van der Waals surface area contributed by atoms with E-state index < -0.39 is 0 Å². The second-order valence-corrected chi connectivity index (χ2v) is 4.37. The van der Waals surface area contributed by atoms with Gasteiger partial charge in [-0.25, -0.2) is 4.98 Å². The summed E-state index contributed by atoms with van der Waals surface area (Å²) >= 11 is 6.24. The summed E-state index contributed by atoms with van der Waals surface area (Å²) in [6.07, 6.45) is 2.21. The van der Waals surface area contributed by atoms with Crippen molar-refractivity contribution >= 4 is 17.9 Å². The molecule has 0 unspecified atom stereocenters. The van der Waals surface area contributed by atoms with E-state index in [1.54, 1.807) is 7.11 Å². The smallest absolute Gasteiger partial charge is 0.168 e. The van der Waals surface area contributed by atoms with E-state index in [0.717, 1.165) is 23.0 Å². The minimum atomic E-state index is 0.413. The van der Waals surface area contributed by atoms with Crippen LogP contribution < -0.4 is 4.74 Å². The molecule has 0 radical (unpaired) electrons. The van der Waals surface area contributed by atoms with Gasteiger partial charge >= 0.3 is 0 Å². The lowest BCUT2D eigenvalue weighted by atomic mass is 10.0. The number of rotatable bonds is 3. The van der Waals surface area contributed by atoms with Crippen LogP contribution >= 0.6 is 11.6 Å². The van der Waals surface area contributed by atoms with Crippen molar-refractivity contribution in [3.63, 3.8) is 0 Å². The summed E-state index contributed by atoms with van der Waals surface area (Å²) in [6, 6.07) is 1.84. The van der Waals surface area contributed by atoms with Crippen LogP contribution in [0.1, 0.15) is 21.6 Å². The first-order chi connectivity index (χ1) is 8.60. The molecule has 0 fully saturated rings. The fraction of sp³-hybridized carbons (Fsp3) is 0.231. The van der Waals surface area contributed by atoms with Gasteiger partial charge in [0, 0.05) is 10.6 Å². The lowest BCUT2D eigenvalue weighted by Crippen LogP contribution is -1.96. The fourth-order valence-corrected chi connectivity index (χ4v) is 2.12. The number of H-pyrrole nitrogens is 1. The van der Waals surface area contributed by atoms with E-state index in [0.29, 0.717) is 22.2 Å². The van der Waals surface area contributed by atoms with Crippen LogP contribution in [0, 0.1) is 13.8 Å². The number of hydrogen-bond donors (Lipinski definition) is 1. The molecule has 4 nitrogen and oxygen atoms in total. The van der Waals surface area contributed by atoms with E-state index in [9.17, 15) is 4.79 Å². The SMILES string of the molecule is COc1cc(C)c(Cl)c(C)c1-c1nc[nH]c1C=O. The van der Waals surface area contributed by atoms with Crippen LogP contribution in [-0.4, -0.2) is 23.4 Å². The second-order valence-electron chi connectivity index (χ2n) is 3.99. The topological polar surface area (TPSA) is 55.0 Å². The molecular formula is C13H13ClN2O2. The number of aromatic amines is 1. The molecule has 18 heavy (non-hydrogen) atoms. The number of carbonyl (C=O) groups excluding carboxylic acids is 1. The Kier molecular flexibility index (Phi) is 3.39. The number of carbonyl (C=O) groups is 1. The Hall–Kier alpha value is -1.81. The first-order valence-corrected chi connectivity index (χ1v) is 5.80. The van der Waals surface area contributed by atoms with Crippen molar-refractivity contribution in [1.29, 1.82) is 0 Å². The van der Waals surface area contributed by atoms with Gasteiger partial charge in [0.1, 0.15) is 17.1 Å². The molecule has 0 aliphatic rings. The van der Waals surface area contributed by atoms with E-state index in [-0.39, 0.29) is 0 Å². The predicted molar refractivity (Wildman–Crippen MR) is 70.4 cm³/mol. The monoisotopic (exact) mass is 264 g/mol. The number of aldehydes is 1. The molecule has 1 aromatic carbocycles. The van der Waals surface area contributed by atoms with Gasteiger partial charge in [-0.1, -0.05) is 11.6 Å². The average molecular weight is 265 g/mol. The number of aryl methyl sites for hydroxylation is 1. The Morgan fingerprint density at radius 3 is 2.78 bits per heavy atom. The van der Waals surface area contributed by atoms with Gasteiger partial charge < -0.3 is 9.72 Å². The number of nitrogens with one attached hydrogen (secondary N) is 1. The highest BCUT2D eigenvalue weighted by molar-refractivity contribution is 6.32. The molecular weight excluding hydrogens is 252 g/mol. The zero-order valence-corrected chi connectivity index (χ0v) is 11.1. The molecule has 2 rings (SSSR count). The number of imidazole rings is 1. The van der Waals surface area contributed by atoms with Crippen molar-refractivity contribution in [2.75, 3.05) is 7.11 Å². The summed E-state index contributed by atoms with van der Waals surface area (Å²) in [5.74, 6) is 0.657. The van der Waals surface area contributed by atoms with E-state index >= 15 is 0 Å². The van der Waals surface area contributed by atoms with Crippen LogP contribution in [0.4, 0.5) is 0 Å². The lowest BCUT2D eigenvalue weighted by molar-refractivity contribution is 0.112. The van der Waals surface area contributed by atoms with Gasteiger partial charge in [-0.2, -0.15) is 0 Å². The summed E-state index contributed by atoms with van der Waals surface area (Å²) in [7, 11) is 1.58. The second kappa shape index (κ2) is 4.82. The van der Waals surface area contributed by atoms with E-state index in [4.69, 9.17) is 16.3 Å². The molecule has 94 valence electrons. The number of hydrogen-bond acceptors (Lipinski definition) is 3. The maximum Gasteiger partial charge on any atom is 0.168 e. The van der Waals surface area contributed by atoms with Crippen LogP contribution in [-0.2, 0) is 0 Å². The van der Waals surface area contributed by atoms with E-state index in [1.807, 2.05) is 19.9 Å². The molecule has 0 bridgehead atoms. The lowest BCUT2D eigenvalue weighted by Gasteiger charge is -2.14. The summed E-state index contributed by atoms with van der Waals surface area (Å²) in [5.41, 5.74) is 3.50. The summed E-state index contributed by atoms with van der Waals surface area (Å²) in [6.45, 7) is 3.79. The van der Waals surface area contributed by atoms with Crippen molar-refractivity contribution in [2.45, 2.75) is 13.8 Å². The highest BCUT2D eigenvalue weighted by Crippen LogP contribution is 2.38. The molecule has 0 amide bonds. The molecule has 2 aromatic rings. The largest absolute Gasteiger partial charge is 0.496 e. The first-order valence-electron chi connectivity index (χ1n) is 5.42. The average Bonchev–Trinajstić information content (AvgIpc) is 2.83.